The maximum atomic E-state index is 14.2. The maximum absolute atomic E-state index is 14.2. The van der Waals surface area contributed by atoms with E-state index in [1.54, 1.807) is 62.3 Å². The Hall–Kier alpha value is -2.06. The highest BCUT2D eigenvalue weighted by molar-refractivity contribution is 5.82. The number of aromatic nitrogens is 2. The molecule has 0 atom stereocenters. The van der Waals surface area contributed by atoms with E-state index in [4.69, 9.17) is 0 Å². The van der Waals surface area contributed by atoms with Gasteiger partial charge in [-0.25, -0.2) is 0 Å². The minimum Gasteiger partial charge on any atom is -1.00 e. The normalized spacial score (nSPS) is 16.4. The number of hydrogen-bond donors (Lipinski definition) is 0. The fourth-order valence-corrected chi connectivity index (χ4v) is 2.83. The molecule has 0 saturated heterocycles. The Bertz CT molecular complexity index is 779. The molecule has 2 heterocycles. The second-order valence-corrected chi connectivity index (χ2v) is 6.56. The smallest absolute Gasteiger partial charge is 0.409 e. The lowest BCUT2D eigenvalue weighted by molar-refractivity contribution is -0.641. The number of pyridine rings is 2. The largest absolute Gasteiger partial charge is 1.00 e. The van der Waals surface area contributed by atoms with Crippen LogP contribution in [0, 0.1) is 0 Å². The molecular formula is C18H20Cl2F4N4. The SMILES string of the molecule is CN(C)c1cc[n+](C2=C([n+]3ccc(N(C)C)cc3)C(F)(F)C2(F)F)cc1.[Cl-].[Cl-]. The zero-order valence-electron chi connectivity index (χ0n) is 15.7. The van der Waals surface area contributed by atoms with Crippen molar-refractivity contribution in [1.82, 2.24) is 0 Å². The van der Waals surface area contributed by atoms with Gasteiger partial charge in [-0.3, -0.25) is 0 Å². The Kier molecular flexibility index (Phi) is 6.96. The zero-order chi connectivity index (χ0) is 19.3. The van der Waals surface area contributed by atoms with Crippen LogP contribution in [-0.2, 0) is 0 Å². The predicted octanol–water partition coefficient (Wildman–Crippen LogP) is -3.49. The van der Waals surface area contributed by atoms with Gasteiger partial charge in [0.1, 0.15) is 0 Å². The number of hydrogen-bond acceptors (Lipinski definition) is 2. The predicted molar refractivity (Wildman–Crippen MR) is 91.2 cm³/mol. The van der Waals surface area contributed by atoms with Crippen molar-refractivity contribution in [2.24, 2.45) is 0 Å². The standard InChI is InChI=1S/C18H20F4N4.2ClH/c1-23(2)13-5-9-25(10-6-13)15-16(18(21,22)17(15,19)20)26-11-7-14(8-12-26)24(3)4;;/h5-12H,1-4H3;2*1H/q+2;;/p-2. The molecule has 1 aliphatic rings. The molecule has 0 fully saturated rings. The molecule has 4 nitrogen and oxygen atoms in total. The Balaban J connectivity index is 0.00000196. The van der Waals surface area contributed by atoms with E-state index in [0.717, 1.165) is 20.5 Å². The van der Waals surface area contributed by atoms with Crippen molar-refractivity contribution in [3.05, 3.63) is 49.1 Å². The maximum Gasteiger partial charge on any atom is 0.409 e. The summed E-state index contributed by atoms with van der Waals surface area (Å²) in [6, 6.07) is 6.38. The number of nitrogens with zero attached hydrogens (tertiary/aromatic N) is 4. The molecule has 28 heavy (non-hydrogen) atoms. The van der Waals surface area contributed by atoms with Crippen LogP contribution in [0.1, 0.15) is 0 Å². The van der Waals surface area contributed by atoms with E-state index in [-0.39, 0.29) is 24.8 Å². The first-order valence-electron chi connectivity index (χ1n) is 7.96. The van der Waals surface area contributed by atoms with Gasteiger partial charge in [-0.15, -0.1) is 0 Å². The number of halogens is 6. The number of alkyl halides is 4. The van der Waals surface area contributed by atoms with E-state index in [2.05, 4.69) is 0 Å². The lowest BCUT2D eigenvalue weighted by atomic mass is 9.89. The van der Waals surface area contributed by atoms with Crippen molar-refractivity contribution in [1.29, 1.82) is 0 Å². The highest BCUT2D eigenvalue weighted by Crippen LogP contribution is 2.55. The number of allylic oxidation sites excluding steroid dienone is 2. The van der Waals surface area contributed by atoms with Gasteiger partial charge in [-0.1, -0.05) is 0 Å². The van der Waals surface area contributed by atoms with Gasteiger partial charge < -0.3 is 34.6 Å². The van der Waals surface area contributed by atoms with Gasteiger partial charge in [0.05, 0.1) is 0 Å². The van der Waals surface area contributed by atoms with Crippen LogP contribution in [0.3, 0.4) is 0 Å². The van der Waals surface area contributed by atoms with Crippen molar-refractivity contribution >= 4 is 22.8 Å². The summed E-state index contributed by atoms with van der Waals surface area (Å²) in [5.74, 6) is -8.50. The van der Waals surface area contributed by atoms with Crippen molar-refractivity contribution in [3.8, 4) is 0 Å². The molecule has 0 aromatic carbocycles. The monoisotopic (exact) mass is 438 g/mol. The Morgan fingerprint density at radius 2 is 0.857 bits per heavy atom. The molecule has 0 saturated carbocycles. The van der Waals surface area contributed by atoms with Crippen molar-refractivity contribution in [2.75, 3.05) is 38.0 Å². The van der Waals surface area contributed by atoms with Crippen LogP contribution in [0.2, 0.25) is 0 Å². The summed E-state index contributed by atoms with van der Waals surface area (Å²) in [7, 11) is 7.22. The van der Waals surface area contributed by atoms with E-state index in [1.165, 1.54) is 24.8 Å². The van der Waals surface area contributed by atoms with Gasteiger partial charge in [0.15, 0.2) is 24.8 Å². The van der Waals surface area contributed by atoms with Gasteiger partial charge in [-0.2, -0.15) is 26.7 Å². The molecule has 2 aromatic rings. The Morgan fingerprint density at radius 3 is 1.07 bits per heavy atom. The van der Waals surface area contributed by atoms with E-state index in [9.17, 15) is 17.6 Å². The minimum atomic E-state index is -4.25. The van der Waals surface area contributed by atoms with Gasteiger partial charge in [0.2, 0.25) is 0 Å². The van der Waals surface area contributed by atoms with Gasteiger partial charge >= 0.3 is 23.2 Å². The molecule has 0 spiro atoms. The van der Waals surface area contributed by atoms with Crippen LogP contribution in [0.5, 0.6) is 0 Å². The molecule has 0 N–H and O–H groups in total. The first-order chi connectivity index (χ1) is 12.1. The molecule has 0 unspecified atom stereocenters. The first kappa shape index (κ1) is 24.0. The van der Waals surface area contributed by atoms with E-state index < -0.39 is 23.2 Å². The zero-order valence-corrected chi connectivity index (χ0v) is 17.2. The second-order valence-electron chi connectivity index (χ2n) is 6.56. The molecule has 3 rings (SSSR count). The second kappa shape index (κ2) is 8.13. The van der Waals surface area contributed by atoms with Crippen molar-refractivity contribution in [2.45, 2.75) is 11.8 Å². The van der Waals surface area contributed by atoms with E-state index in [0.29, 0.717) is 0 Å². The molecule has 0 bridgehead atoms. The fraction of sp³-hybridized carbons (Fsp3) is 0.333. The average molecular weight is 439 g/mol. The van der Waals surface area contributed by atoms with Crippen LogP contribution in [-0.4, -0.2) is 40.0 Å². The molecule has 10 heteroatoms. The third-order valence-corrected chi connectivity index (χ3v) is 4.39. The number of anilines is 2. The first-order valence-corrected chi connectivity index (χ1v) is 7.96. The molecular weight excluding hydrogens is 419 g/mol. The highest BCUT2D eigenvalue weighted by atomic mass is 35.5. The summed E-state index contributed by atoms with van der Waals surface area (Å²) in [5, 5.41) is 0. The Labute approximate surface area is 173 Å². The van der Waals surface area contributed by atoms with Crippen LogP contribution in [0.4, 0.5) is 28.9 Å². The summed E-state index contributed by atoms with van der Waals surface area (Å²) in [6.45, 7) is 0. The van der Waals surface area contributed by atoms with Crippen LogP contribution in [0.15, 0.2) is 49.1 Å². The van der Waals surface area contributed by atoms with Crippen LogP contribution >= 0.6 is 0 Å². The summed E-state index contributed by atoms with van der Waals surface area (Å²) in [4.78, 5) is 3.59. The lowest BCUT2D eigenvalue weighted by Gasteiger charge is -2.31. The Morgan fingerprint density at radius 1 is 0.607 bits per heavy atom. The van der Waals surface area contributed by atoms with E-state index >= 15 is 0 Å². The highest BCUT2D eigenvalue weighted by Gasteiger charge is 2.82. The van der Waals surface area contributed by atoms with Crippen molar-refractivity contribution < 1.29 is 51.5 Å². The van der Waals surface area contributed by atoms with Gasteiger partial charge in [0, 0.05) is 63.8 Å². The summed E-state index contributed by atoms with van der Waals surface area (Å²) in [6.07, 6.45) is 5.45. The molecule has 154 valence electrons. The summed E-state index contributed by atoms with van der Waals surface area (Å²) < 4.78 is 58.9. The van der Waals surface area contributed by atoms with Gasteiger partial charge in [0.25, 0.3) is 0 Å². The minimum absolute atomic E-state index is 0. The third kappa shape index (κ3) is 3.63. The van der Waals surface area contributed by atoms with Gasteiger partial charge in [-0.05, 0) is 0 Å². The molecule has 2 aromatic heterocycles. The summed E-state index contributed by atoms with van der Waals surface area (Å²) in [5.41, 5.74) is 0.104. The molecule has 0 radical (unpaired) electrons. The van der Waals surface area contributed by atoms with Crippen LogP contribution < -0.4 is 43.7 Å². The molecule has 0 aliphatic heterocycles. The quantitative estimate of drug-likeness (QED) is 0.363. The third-order valence-electron chi connectivity index (χ3n) is 4.39. The summed E-state index contributed by atoms with van der Waals surface area (Å²) >= 11 is 0. The molecule has 1 aliphatic carbocycles. The van der Waals surface area contributed by atoms with E-state index in [1.807, 2.05) is 0 Å². The number of rotatable bonds is 4. The fourth-order valence-electron chi connectivity index (χ4n) is 2.83. The van der Waals surface area contributed by atoms with Crippen LogP contribution in [0.25, 0.3) is 11.4 Å². The topological polar surface area (TPSA) is 14.2 Å². The van der Waals surface area contributed by atoms with Crippen molar-refractivity contribution in [3.63, 3.8) is 0 Å². The lowest BCUT2D eigenvalue weighted by Crippen LogP contribution is -3.00. The molecule has 0 amide bonds. The average Bonchev–Trinajstić information content (AvgIpc) is 2.59.